The first-order valence-electron chi connectivity index (χ1n) is 10.7. The summed E-state index contributed by atoms with van der Waals surface area (Å²) in [5.74, 6) is 3.12. The number of hydrogen-bond acceptors (Lipinski definition) is 5. The first-order chi connectivity index (χ1) is 14.7. The highest BCUT2D eigenvalue weighted by molar-refractivity contribution is 7.09. The summed E-state index contributed by atoms with van der Waals surface area (Å²) in [5, 5.41) is 9.01. The molecule has 1 atom stereocenters. The number of ether oxygens (including phenoxy) is 2. The van der Waals surface area contributed by atoms with E-state index in [1.54, 1.807) is 7.11 Å². The quantitative estimate of drug-likeness (QED) is 0.470. The van der Waals surface area contributed by atoms with E-state index in [1.165, 1.54) is 30.8 Å². The third-order valence-electron chi connectivity index (χ3n) is 5.38. The topological polar surface area (TPSA) is 58.1 Å². The van der Waals surface area contributed by atoms with Crippen LogP contribution in [0.3, 0.4) is 0 Å². The molecule has 0 amide bonds. The van der Waals surface area contributed by atoms with Gasteiger partial charge in [0.05, 0.1) is 13.7 Å². The monoisotopic (exact) mass is 430 g/mol. The Labute approximate surface area is 184 Å². The molecule has 2 aromatic rings. The lowest BCUT2D eigenvalue weighted by molar-refractivity contribution is 0.179. The number of guanidine groups is 1. The summed E-state index contributed by atoms with van der Waals surface area (Å²) >= 11 is 1.85. The van der Waals surface area contributed by atoms with Gasteiger partial charge in [0.25, 0.3) is 0 Å². The average molecular weight is 431 g/mol. The molecule has 0 aliphatic carbocycles. The lowest BCUT2D eigenvalue weighted by atomic mass is 9.97. The Morgan fingerprint density at radius 2 is 2.00 bits per heavy atom. The summed E-state index contributed by atoms with van der Waals surface area (Å²) in [5.41, 5.74) is 0. The zero-order valence-electron chi connectivity index (χ0n) is 18.3. The number of nitrogens with zero attached hydrogens (tertiary/aromatic N) is 2. The number of benzene rings is 1. The molecule has 1 aliphatic heterocycles. The predicted octanol–water partition coefficient (Wildman–Crippen LogP) is 3.60. The number of hydrogen-bond donors (Lipinski definition) is 2. The van der Waals surface area contributed by atoms with Crippen molar-refractivity contribution in [2.24, 2.45) is 10.9 Å². The number of rotatable bonds is 9. The van der Waals surface area contributed by atoms with Crippen LogP contribution in [0.15, 0.2) is 46.8 Å². The zero-order chi connectivity index (χ0) is 21.2. The fraction of sp³-hybridized carbons (Fsp3) is 0.522. The Bertz CT molecular complexity index is 773. The van der Waals surface area contributed by atoms with Gasteiger partial charge in [0, 0.05) is 31.1 Å². The number of likely N-dealkylation sites (tertiary alicyclic amines) is 1. The van der Waals surface area contributed by atoms with E-state index >= 15 is 0 Å². The van der Waals surface area contributed by atoms with Gasteiger partial charge in [0.1, 0.15) is 17.6 Å². The minimum atomic E-state index is 0.0103. The maximum absolute atomic E-state index is 5.97. The van der Waals surface area contributed by atoms with E-state index in [0.29, 0.717) is 12.5 Å². The van der Waals surface area contributed by atoms with Crippen LogP contribution in [0.4, 0.5) is 0 Å². The summed E-state index contributed by atoms with van der Waals surface area (Å²) in [6, 6.07) is 12.0. The van der Waals surface area contributed by atoms with Crippen LogP contribution in [0.25, 0.3) is 0 Å². The Morgan fingerprint density at radius 1 is 1.20 bits per heavy atom. The molecule has 0 radical (unpaired) electrons. The Kier molecular flexibility index (Phi) is 8.83. The number of aliphatic imine (C=N–C) groups is 1. The lowest BCUT2D eigenvalue weighted by Crippen LogP contribution is -2.45. The van der Waals surface area contributed by atoms with Crippen molar-refractivity contribution in [3.63, 3.8) is 0 Å². The van der Waals surface area contributed by atoms with Crippen molar-refractivity contribution in [1.29, 1.82) is 0 Å². The molecule has 0 bridgehead atoms. The van der Waals surface area contributed by atoms with Gasteiger partial charge in [0.15, 0.2) is 5.96 Å². The van der Waals surface area contributed by atoms with Gasteiger partial charge in [-0.2, -0.15) is 0 Å². The molecular formula is C23H34N4O2S. The van der Waals surface area contributed by atoms with E-state index in [0.717, 1.165) is 30.5 Å². The summed E-state index contributed by atoms with van der Waals surface area (Å²) in [7, 11) is 3.47. The summed E-state index contributed by atoms with van der Waals surface area (Å²) in [6.07, 6.45) is 2.46. The second kappa shape index (κ2) is 11.8. The number of methoxy groups -OCH3 is 1. The number of nitrogens with one attached hydrogen (secondary N) is 2. The van der Waals surface area contributed by atoms with Crippen LogP contribution in [0.2, 0.25) is 0 Å². The molecule has 3 rings (SSSR count). The molecule has 2 N–H and O–H groups in total. The largest absolute Gasteiger partial charge is 0.497 e. The van der Waals surface area contributed by atoms with Crippen LogP contribution in [-0.2, 0) is 6.54 Å². The van der Waals surface area contributed by atoms with Crippen molar-refractivity contribution in [3.05, 3.63) is 46.7 Å². The number of piperidine rings is 1. The van der Waals surface area contributed by atoms with Crippen molar-refractivity contribution < 1.29 is 9.47 Å². The maximum atomic E-state index is 5.97. The van der Waals surface area contributed by atoms with E-state index in [9.17, 15) is 0 Å². The van der Waals surface area contributed by atoms with Gasteiger partial charge >= 0.3 is 0 Å². The first-order valence-corrected chi connectivity index (χ1v) is 11.5. The highest BCUT2D eigenvalue weighted by atomic mass is 32.1. The third kappa shape index (κ3) is 7.22. The number of thiophene rings is 1. The van der Waals surface area contributed by atoms with Gasteiger partial charge in [-0.15, -0.1) is 11.3 Å². The lowest BCUT2D eigenvalue weighted by Gasteiger charge is -2.32. The fourth-order valence-corrected chi connectivity index (χ4v) is 4.37. The smallest absolute Gasteiger partial charge is 0.191 e. The van der Waals surface area contributed by atoms with E-state index in [2.05, 4.69) is 38.0 Å². The molecule has 1 aromatic carbocycles. The van der Waals surface area contributed by atoms with Gasteiger partial charge < -0.3 is 20.1 Å². The van der Waals surface area contributed by atoms with Crippen molar-refractivity contribution in [3.8, 4) is 11.5 Å². The van der Waals surface area contributed by atoms with Gasteiger partial charge in [-0.3, -0.25) is 9.89 Å². The summed E-state index contributed by atoms with van der Waals surface area (Å²) in [6.45, 7) is 7.10. The van der Waals surface area contributed by atoms with Crippen LogP contribution in [0, 0.1) is 5.92 Å². The zero-order valence-corrected chi connectivity index (χ0v) is 19.1. The Morgan fingerprint density at radius 3 is 2.70 bits per heavy atom. The van der Waals surface area contributed by atoms with Gasteiger partial charge in [-0.25, -0.2) is 0 Å². The molecule has 2 heterocycles. The first kappa shape index (κ1) is 22.4. The molecule has 1 fully saturated rings. The summed E-state index contributed by atoms with van der Waals surface area (Å²) in [4.78, 5) is 8.38. The molecule has 7 heteroatoms. The molecule has 0 spiro atoms. The minimum Gasteiger partial charge on any atom is -0.497 e. The van der Waals surface area contributed by atoms with E-state index in [1.807, 2.05) is 49.6 Å². The maximum Gasteiger partial charge on any atom is 0.191 e. The highest BCUT2D eigenvalue weighted by Gasteiger charge is 2.19. The van der Waals surface area contributed by atoms with Crippen LogP contribution < -0.4 is 20.1 Å². The molecule has 164 valence electrons. The third-order valence-corrected chi connectivity index (χ3v) is 6.25. The second-order valence-electron chi connectivity index (χ2n) is 7.74. The van der Waals surface area contributed by atoms with Crippen LogP contribution in [-0.4, -0.2) is 57.3 Å². The van der Waals surface area contributed by atoms with Crippen molar-refractivity contribution in [2.75, 3.05) is 40.3 Å². The molecule has 6 nitrogen and oxygen atoms in total. The molecule has 30 heavy (non-hydrogen) atoms. The van der Waals surface area contributed by atoms with Crippen LogP contribution in [0.5, 0.6) is 11.5 Å². The molecule has 0 saturated carbocycles. The normalized spacial score (nSPS) is 16.8. The summed E-state index contributed by atoms with van der Waals surface area (Å²) < 4.78 is 11.2. The Balaban J connectivity index is 1.33. The second-order valence-corrected chi connectivity index (χ2v) is 8.77. The predicted molar refractivity (Wildman–Crippen MR) is 125 cm³/mol. The van der Waals surface area contributed by atoms with Crippen LogP contribution >= 0.6 is 11.3 Å². The van der Waals surface area contributed by atoms with Crippen molar-refractivity contribution >= 4 is 17.3 Å². The molecular weight excluding hydrogens is 396 g/mol. The average Bonchev–Trinajstić information content (AvgIpc) is 3.28. The standard InChI is InChI=1S/C23H34N4O2S/c1-18(29-21-7-4-6-20(14-21)28-3)15-25-23(24-2)26-16-19-9-11-27(12-10-19)17-22-8-5-13-30-22/h4-8,13-14,18-19H,9-12,15-17H2,1-3H3,(H2,24,25,26). The van der Waals surface area contributed by atoms with E-state index < -0.39 is 0 Å². The van der Waals surface area contributed by atoms with E-state index in [-0.39, 0.29) is 6.10 Å². The Hall–Kier alpha value is -2.25. The van der Waals surface area contributed by atoms with Crippen molar-refractivity contribution in [1.82, 2.24) is 15.5 Å². The van der Waals surface area contributed by atoms with Gasteiger partial charge in [0.2, 0.25) is 0 Å². The molecule has 1 unspecified atom stereocenters. The fourth-order valence-electron chi connectivity index (χ4n) is 3.62. The van der Waals surface area contributed by atoms with Gasteiger partial charge in [-0.05, 0) is 62.4 Å². The van der Waals surface area contributed by atoms with Crippen molar-refractivity contribution in [2.45, 2.75) is 32.4 Å². The van der Waals surface area contributed by atoms with Crippen LogP contribution in [0.1, 0.15) is 24.6 Å². The molecule has 1 saturated heterocycles. The minimum absolute atomic E-state index is 0.0103. The van der Waals surface area contributed by atoms with E-state index in [4.69, 9.17) is 9.47 Å². The molecule has 1 aromatic heterocycles. The highest BCUT2D eigenvalue weighted by Crippen LogP contribution is 2.21. The van der Waals surface area contributed by atoms with Gasteiger partial charge in [-0.1, -0.05) is 12.1 Å². The SMILES string of the molecule is CN=C(NCC1CCN(Cc2cccs2)CC1)NCC(C)Oc1cccc(OC)c1. The molecule has 1 aliphatic rings.